The van der Waals surface area contributed by atoms with Crippen LogP contribution in [0.2, 0.25) is 0 Å². The molecule has 3 aliphatic carbocycles. The average Bonchev–Trinajstić information content (AvgIpc) is 0.817. The number of hydrogen-bond acceptors (Lipinski definition) is 14. The largest absolute Gasteiger partial charge is 0.457 e. The molecule has 22 nitrogen and oxygen atoms in total. The number of aryl methyl sites for hydroxylation is 3. The van der Waals surface area contributed by atoms with E-state index in [1.807, 2.05) is 99.6 Å². The third-order valence-corrected chi connectivity index (χ3v) is 15.9. The van der Waals surface area contributed by atoms with E-state index >= 15 is 0 Å². The first-order valence-electron chi connectivity index (χ1n) is 31.3. The average molecular weight is 1440 g/mol. The highest BCUT2D eigenvalue weighted by Gasteiger charge is 2.28. The van der Waals surface area contributed by atoms with Crippen LogP contribution in [0.1, 0.15) is 142 Å². The molecule has 9 aromatic rings. The van der Waals surface area contributed by atoms with E-state index in [0.717, 1.165) is 85.6 Å². The zero-order valence-electron chi connectivity index (χ0n) is 54.9. The Morgan fingerprint density at radius 1 is 0.530 bits per heavy atom. The predicted octanol–water partition coefficient (Wildman–Crippen LogP) is 14.5. The van der Waals surface area contributed by atoms with Crippen LogP contribution in [0, 0.1) is 0 Å². The fraction of sp³-hybridized carbons (Fsp3) is 0.278. The molecule has 3 unspecified atom stereocenters. The van der Waals surface area contributed by atoms with Crippen molar-refractivity contribution in [3.63, 3.8) is 0 Å². The third-order valence-electron chi connectivity index (χ3n) is 15.8. The number of nitrogens with two attached hydrogens (primary N) is 1. The molecule has 28 heteroatoms. The molecule has 0 radical (unpaired) electrons. The molecule has 0 saturated carbocycles. The highest BCUT2D eigenvalue weighted by atomic mass is 35.5. The zero-order valence-corrected chi connectivity index (χ0v) is 57.2. The van der Waals surface area contributed by atoms with Crippen LogP contribution in [-0.4, -0.2) is 87.9 Å². The molecule has 0 aliphatic heterocycles. The second-order valence-corrected chi connectivity index (χ2v) is 24.8. The number of pyridine rings is 3. The number of amides is 5. The summed E-state index contributed by atoms with van der Waals surface area (Å²) in [6, 6.07) is 38.0. The van der Waals surface area contributed by atoms with Crippen LogP contribution < -0.4 is 48.6 Å². The van der Waals surface area contributed by atoms with E-state index in [0.29, 0.717) is 49.8 Å². The number of alkyl halides is 5. The van der Waals surface area contributed by atoms with Gasteiger partial charge in [-0.15, -0.1) is 23.2 Å². The third kappa shape index (κ3) is 21.6. The van der Waals surface area contributed by atoms with Crippen molar-refractivity contribution >= 4 is 126 Å². The Balaban J connectivity index is 0.000000193. The van der Waals surface area contributed by atoms with E-state index in [1.165, 1.54) is 38.4 Å². The first-order valence-corrected chi connectivity index (χ1v) is 32.7. The van der Waals surface area contributed by atoms with E-state index < -0.39 is 53.4 Å². The Kier molecular flexibility index (Phi) is 27.7. The van der Waals surface area contributed by atoms with Crippen molar-refractivity contribution < 1.29 is 60.9 Å². The van der Waals surface area contributed by atoms with Gasteiger partial charge in [0.05, 0.1) is 31.6 Å². The van der Waals surface area contributed by atoms with Crippen LogP contribution >= 0.6 is 34.8 Å². The monoisotopic (exact) mass is 1430 g/mol. The fourth-order valence-electron chi connectivity index (χ4n) is 11.2. The molecule has 6 aromatic carbocycles. The number of aromatic amines is 3. The van der Waals surface area contributed by atoms with Crippen LogP contribution in [0.25, 0.3) is 32.7 Å². The van der Waals surface area contributed by atoms with Crippen LogP contribution in [0.5, 0.6) is 0 Å². The number of fused-ring (bicyclic) bond motifs is 6. The quantitative estimate of drug-likeness (QED) is 0.0296. The fourth-order valence-corrected chi connectivity index (χ4v) is 11.2. The van der Waals surface area contributed by atoms with Gasteiger partial charge in [-0.3, -0.25) is 33.6 Å². The Labute approximate surface area is 586 Å². The number of para-hydroxylation sites is 3. The number of anilines is 3. The van der Waals surface area contributed by atoms with Crippen molar-refractivity contribution in [1.29, 1.82) is 0 Å². The molecule has 3 aliphatic rings. The summed E-state index contributed by atoms with van der Waals surface area (Å²) in [6.45, 7) is 5.47. The topological polar surface area (TPSA) is 332 Å². The van der Waals surface area contributed by atoms with Gasteiger partial charge in [0.25, 0.3) is 17.7 Å². The maximum Gasteiger partial charge on any atom is 0.446 e. The zero-order chi connectivity index (χ0) is 72.8. The summed E-state index contributed by atoms with van der Waals surface area (Å²) in [5.41, 5.74) is 14.4. The van der Waals surface area contributed by atoms with Crippen LogP contribution in [-0.2, 0) is 38.3 Å². The van der Waals surface area contributed by atoms with Crippen LogP contribution in [0.4, 0.5) is 44.6 Å². The van der Waals surface area contributed by atoms with Crippen molar-refractivity contribution in [2.75, 3.05) is 35.5 Å². The number of carbonyl (C=O) groups excluding carboxylic acids is 7. The van der Waals surface area contributed by atoms with Gasteiger partial charge in [-0.1, -0.05) is 54.6 Å². The van der Waals surface area contributed by atoms with E-state index in [-0.39, 0.29) is 56.4 Å². The van der Waals surface area contributed by atoms with E-state index in [9.17, 15) is 56.3 Å². The number of hydrogen-bond donors (Lipinski definition) is 9. The van der Waals surface area contributed by atoms with Crippen molar-refractivity contribution in [2.45, 2.75) is 108 Å². The molecule has 0 saturated heterocycles. The number of carbonyl (C=O) groups is 7. The number of benzene rings is 6. The molecule has 0 bridgehead atoms. The lowest BCUT2D eigenvalue weighted by Gasteiger charge is -2.28. The smallest absolute Gasteiger partial charge is 0.446 e. The van der Waals surface area contributed by atoms with Gasteiger partial charge in [-0.05, 0) is 185 Å². The van der Waals surface area contributed by atoms with Crippen molar-refractivity contribution in [1.82, 2.24) is 25.6 Å². The number of halogens is 6. The lowest BCUT2D eigenvalue weighted by Crippen LogP contribution is -2.36. The highest BCUT2D eigenvalue weighted by molar-refractivity contribution is 6.61. The molecule has 5 amide bonds. The van der Waals surface area contributed by atoms with Gasteiger partial charge in [-0.2, -0.15) is 13.2 Å². The maximum absolute atomic E-state index is 12.8. The summed E-state index contributed by atoms with van der Waals surface area (Å²) in [5, 5.41) is 15.9. The number of aldehydes is 1. The molecule has 3 aromatic heterocycles. The number of H-pyrrole nitrogens is 3. The molecule has 3 atom stereocenters. The Morgan fingerprint density at radius 2 is 0.850 bits per heavy atom. The van der Waals surface area contributed by atoms with E-state index in [4.69, 9.17) is 43.2 Å². The molecule has 3 heterocycles. The standard InChI is InChI=1S/C25H27N3O4.C22H21N3O4.C20H19N3O2.C2H3ClO2.C2HF3O.CH2Cl2/c1-25(2,3)32-24(31)28-21-10-6-7-15-11-12-16(13-18(15)21)27-23(30)19-14-26-20-9-5-4-8-17(20)22(19)29;1-29-22(28)25-19-8-4-5-13-9-10-14(11-16(13)19)24-21(27)17-12-23-18-7-3-2-6-15(18)20(17)26;21-17-6-3-4-12-8-9-13(10-15(12)17)23-20(25)16-11-22-18-7-2-1-5-14(18)19(16)24;1-5-2(3)4;3-2(4,5)1-6;2-1-3/h4-5,8-9,11-14,21H,6-7,10H2,1-3H3,(H,26,29)(H,27,30)(H,28,31);2-3,6-7,9-12,19H,4-5,8H2,1H3,(H,23,26)(H,24,27)(H,25,28);1-2,5,7-11,17H,3-4,6,21H2,(H,22,24)(H,23,25);1H3;1H;1H2. The number of alkyl carbamates (subject to hydrolysis) is 2. The second kappa shape index (κ2) is 36.0. The van der Waals surface area contributed by atoms with Gasteiger partial charge in [-0.25, -0.2) is 14.4 Å². The number of aromatic nitrogens is 3. The lowest BCUT2D eigenvalue weighted by molar-refractivity contribution is -0.156. The second-order valence-electron chi connectivity index (χ2n) is 23.7. The lowest BCUT2D eigenvalue weighted by atomic mass is 9.87. The highest BCUT2D eigenvalue weighted by Crippen LogP contribution is 2.35. The van der Waals surface area contributed by atoms with Crippen LogP contribution in [0.3, 0.4) is 0 Å². The molecular formula is C72H73Cl3F3N9O13. The first-order chi connectivity index (χ1) is 47.6. The summed E-state index contributed by atoms with van der Waals surface area (Å²) in [5.74, 6) is -1.38. The molecule has 0 spiro atoms. The molecule has 100 heavy (non-hydrogen) atoms. The summed E-state index contributed by atoms with van der Waals surface area (Å²) in [4.78, 5) is 127. The van der Waals surface area contributed by atoms with Gasteiger partial charge < -0.3 is 61.5 Å². The number of ether oxygens (including phenoxy) is 3. The van der Waals surface area contributed by atoms with E-state index in [1.54, 1.807) is 48.5 Å². The molecule has 10 N–H and O–H groups in total. The van der Waals surface area contributed by atoms with Gasteiger partial charge in [0.1, 0.15) is 22.3 Å². The minimum absolute atomic E-state index is 0.00433. The minimum atomic E-state index is -4.64. The number of rotatable bonds is 8. The Bertz CT molecular complexity index is 4640. The van der Waals surface area contributed by atoms with Crippen molar-refractivity contribution in [3.05, 3.63) is 227 Å². The van der Waals surface area contributed by atoms with E-state index in [2.05, 4.69) is 57.9 Å². The molecule has 0 fully saturated rings. The number of methoxy groups -OCH3 is 2. The van der Waals surface area contributed by atoms with Gasteiger partial charge in [0, 0.05) is 86.0 Å². The Morgan fingerprint density at radius 3 is 1.18 bits per heavy atom. The minimum Gasteiger partial charge on any atom is -0.457 e. The maximum atomic E-state index is 12.8. The molecule has 526 valence electrons. The van der Waals surface area contributed by atoms with Gasteiger partial charge >= 0.3 is 23.8 Å². The summed E-state index contributed by atoms with van der Waals surface area (Å²) in [7, 11) is 2.55. The first kappa shape index (κ1) is 77.0. The predicted molar refractivity (Wildman–Crippen MR) is 380 cm³/mol. The molecular weight excluding hydrogens is 1360 g/mol. The van der Waals surface area contributed by atoms with Gasteiger partial charge in [0.15, 0.2) is 0 Å². The SMILES string of the molecule is CC(C)(C)OC(=O)NC1CCCc2ccc(NC(=O)c3c[nH]c4ccccc4c3=O)cc21.COC(=O)Cl.COC(=O)NC1CCCc2ccc(NC(=O)c3c[nH]c4ccccc4c3=O)cc21.ClCCl.NC1CCCc2ccc(NC(=O)c3c[nH]c4ccccc4c3=O)cc21.O=CC(F)(F)F. The van der Waals surface area contributed by atoms with Crippen molar-refractivity contribution in [3.8, 4) is 0 Å². The summed E-state index contributed by atoms with van der Waals surface area (Å²) in [6.07, 6.45) is 6.04. The Hall–Kier alpha value is -10.3. The summed E-state index contributed by atoms with van der Waals surface area (Å²) < 4.78 is 45.2. The van der Waals surface area contributed by atoms with Gasteiger partial charge in [0.2, 0.25) is 22.6 Å². The normalized spacial score (nSPS) is 14.8. The van der Waals surface area contributed by atoms with Crippen molar-refractivity contribution in [2.24, 2.45) is 5.73 Å². The number of nitrogens with one attached hydrogen (secondary N) is 8. The van der Waals surface area contributed by atoms with Crippen LogP contribution in [0.15, 0.2) is 160 Å². The summed E-state index contributed by atoms with van der Waals surface area (Å²) >= 11 is 14.1. The molecule has 12 rings (SSSR count).